The number of nitrogens with one attached hydrogen (secondary N) is 3. The summed E-state index contributed by atoms with van der Waals surface area (Å²) in [5.41, 5.74) is 10.2. The van der Waals surface area contributed by atoms with Crippen LogP contribution in [0.4, 0.5) is 16.2 Å². The fourth-order valence-electron chi connectivity index (χ4n) is 7.21. The van der Waals surface area contributed by atoms with Crippen LogP contribution in [0.25, 0.3) is 11.1 Å². The third-order valence-corrected chi connectivity index (χ3v) is 10.4. The van der Waals surface area contributed by atoms with Crippen LogP contribution >= 0.6 is 23.2 Å². The Balaban J connectivity index is 1.27. The summed E-state index contributed by atoms with van der Waals surface area (Å²) in [6.45, 7) is 3.66. The van der Waals surface area contributed by atoms with Crippen LogP contribution in [-0.2, 0) is 33.4 Å². The van der Waals surface area contributed by atoms with Gasteiger partial charge in [0, 0.05) is 17.7 Å². The van der Waals surface area contributed by atoms with Gasteiger partial charge < -0.3 is 35.8 Å². The third-order valence-electron chi connectivity index (χ3n) is 9.83. The topological polar surface area (TPSA) is 239 Å². The van der Waals surface area contributed by atoms with Crippen LogP contribution in [0.1, 0.15) is 61.0 Å². The zero-order valence-corrected chi connectivity index (χ0v) is 35.7. The van der Waals surface area contributed by atoms with Gasteiger partial charge in [-0.25, -0.2) is 10.2 Å². The maximum atomic E-state index is 14.6. The van der Waals surface area contributed by atoms with Crippen molar-refractivity contribution >= 4 is 82.4 Å². The number of nitrogens with two attached hydrogens (primary N) is 1. The zero-order valence-electron chi connectivity index (χ0n) is 34.2. The number of anilines is 2. The van der Waals surface area contributed by atoms with Crippen molar-refractivity contribution in [3.8, 4) is 16.9 Å². The van der Waals surface area contributed by atoms with Crippen molar-refractivity contribution in [3.05, 3.63) is 112 Å². The molecule has 0 bridgehead atoms. The molecule has 0 fully saturated rings. The van der Waals surface area contributed by atoms with Gasteiger partial charge in [-0.2, -0.15) is 5.10 Å². The summed E-state index contributed by atoms with van der Waals surface area (Å²) in [4.78, 5) is 95.9. The second-order valence-electron chi connectivity index (χ2n) is 15.5. The van der Waals surface area contributed by atoms with Crippen LogP contribution in [0.3, 0.4) is 0 Å². The molecule has 6 amide bonds. The number of nitrogens with zero attached hydrogens (tertiary/aromatic N) is 3. The molecular weight excluding hydrogens is 857 g/mol. The van der Waals surface area contributed by atoms with Gasteiger partial charge in [-0.1, -0.05) is 83.9 Å². The molecule has 1 aliphatic carbocycles. The number of ether oxygens (including phenoxy) is 2. The van der Waals surface area contributed by atoms with E-state index in [1.165, 1.54) is 12.1 Å². The van der Waals surface area contributed by atoms with E-state index >= 15 is 0 Å². The van der Waals surface area contributed by atoms with Crippen molar-refractivity contribution in [1.82, 2.24) is 16.1 Å². The number of hydrogen-bond donors (Lipinski definition) is 5. The Kier molecular flexibility index (Phi) is 14.0. The summed E-state index contributed by atoms with van der Waals surface area (Å²) in [6.07, 6.45) is -0.147. The Labute approximate surface area is 371 Å². The second-order valence-corrected chi connectivity index (χ2v) is 16.4. The van der Waals surface area contributed by atoms with E-state index in [1.807, 2.05) is 54.0 Å². The molecule has 0 saturated heterocycles. The number of aromatic hydroxyl groups is 1. The monoisotopic (exact) mass is 899 g/mol. The van der Waals surface area contributed by atoms with Crippen LogP contribution in [-0.4, -0.2) is 90.3 Å². The fraction of sp³-hybridized carbons (Fsp3) is 0.273. The number of urea groups is 1. The van der Waals surface area contributed by atoms with Gasteiger partial charge in [0.1, 0.15) is 31.2 Å². The summed E-state index contributed by atoms with van der Waals surface area (Å²) >= 11 is 12.2. The molecule has 63 heavy (non-hydrogen) atoms. The summed E-state index contributed by atoms with van der Waals surface area (Å²) < 4.78 is 11.1. The van der Waals surface area contributed by atoms with Crippen molar-refractivity contribution in [2.45, 2.75) is 57.2 Å². The van der Waals surface area contributed by atoms with Gasteiger partial charge in [0.25, 0.3) is 11.8 Å². The molecule has 2 atom stereocenters. The van der Waals surface area contributed by atoms with Gasteiger partial charge in [-0.05, 0) is 67.3 Å². The first-order valence-electron chi connectivity index (χ1n) is 19.5. The van der Waals surface area contributed by atoms with Gasteiger partial charge in [0.2, 0.25) is 11.8 Å². The molecule has 0 unspecified atom stereocenters. The number of hydrazone groups is 1. The van der Waals surface area contributed by atoms with E-state index in [2.05, 4.69) is 15.7 Å². The Morgan fingerprint density at radius 3 is 2.10 bits per heavy atom. The van der Waals surface area contributed by atoms with Crippen LogP contribution in [0.2, 0.25) is 10.0 Å². The summed E-state index contributed by atoms with van der Waals surface area (Å²) in [7, 11) is 0. The predicted molar refractivity (Wildman–Crippen MR) is 233 cm³/mol. The predicted octanol–water partition coefficient (Wildman–Crippen LogP) is 4.79. The fourth-order valence-corrected chi connectivity index (χ4v) is 7.69. The maximum absolute atomic E-state index is 14.6. The van der Waals surface area contributed by atoms with E-state index < -0.39 is 91.0 Å². The van der Waals surface area contributed by atoms with E-state index in [0.717, 1.165) is 50.4 Å². The molecule has 328 valence electrons. The summed E-state index contributed by atoms with van der Waals surface area (Å²) in [5.74, 6) is -5.68. The minimum Gasteiger partial charge on any atom is -0.505 e. The molecule has 19 heteroatoms. The highest BCUT2D eigenvalue weighted by Gasteiger charge is 2.39. The SMILES string of the molecule is CC(C)(C)OC(=O)C[C@@H](/C=N/NC(N)=O)NC(=O)CN1C(=O)[C@@H](NC(=O)c2cc(Cl)c(O)c(Cl)c2)CN(C(=O)CC(=O)OCC2c3ccccc3-c3ccccc32)c2ccccc21. The molecule has 6 rings (SSSR count). The molecule has 4 aromatic carbocycles. The number of primary amides is 1. The number of benzene rings is 4. The number of rotatable bonds is 13. The van der Waals surface area contributed by atoms with E-state index in [0.29, 0.717) is 0 Å². The van der Waals surface area contributed by atoms with Gasteiger partial charge in [-0.15, -0.1) is 0 Å². The van der Waals surface area contributed by atoms with Gasteiger partial charge >= 0.3 is 18.0 Å². The van der Waals surface area contributed by atoms with Crippen molar-refractivity contribution in [2.24, 2.45) is 10.8 Å². The van der Waals surface area contributed by atoms with Crippen LogP contribution in [0.5, 0.6) is 5.75 Å². The zero-order chi connectivity index (χ0) is 45.6. The molecule has 0 radical (unpaired) electrons. The highest BCUT2D eigenvalue weighted by atomic mass is 35.5. The van der Waals surface area contributed by atoms with Crippen molar-refractivity contribution in [2.75, 3.05) is 29.5 Å². The molecule has 6 N–H and O–H groups in total. The van der Waals surface area contributed by atoms with Gasteiger partial charge in [-0.3, -0.25) is 33.7 Å². The summed E-state index contributed by atoms with van der Waals surface area (Å²) in [5, 5.41) is 18.4. The smallest absolute Gasteiger partial charge is 0.332 e. The lowest BCUT2D eigenvalue weighted by molar-refractivity contribution is -0.155. The third kappa shape index (κ3) is 11.1. The Morgan fingerprint density at radius 1 is 0.905 bits per heavy atom. The first-order valence-corrected chi connectivity index (χ1v) is 20.3. The highest BCUT2D eigenvalue weighted by Crippen LogP contribution is 2.44. The number of carbonyl (C=O) groups is 7. The number of phenolic OH excluding ortho intramolecular Hbond substituents is 1. The molecule has 0 aromatic heterocycles. The highest BCUT2D eigenvalue weighted by molar-refractivity contribution is 6.37. The minimum absolute atomic E-state index is 0.0489. The Morgan fingerprint density at radius 2 is 1.49 bits per heavy atom. The van der Waals surface area contributed by atoms with Crippen LogP contribution in [0, 0.1) is 0 Å². The Bertz CT molecular complexity index is 2440. The van der Waals surface area contributed by atoms with E-state index in [-0.39, 0.29) is 39.5 Å². The normalized spacial score (nSPS) is 15.1. The van der Waals surface area contributed by atoms with Gasteiger partial charge in [0.15, 0.2) is 5.75 Å². The lowest BCUT2D eigenvalue weighted by Crippen LogP contribution is -2.55. The van der Waals surface area contributed by atoms with Crippen LogP contribution < -0.4 is 31.6 Å². The maximum Gasteiger partial charge on any atom is 0.332 e. The molecular formula is C44H43Cl2N7O10. The number of halogens is 2. The molecule has 0 saturated carbocycles. The van der Waals surface area contributed by atoms with Crippen molar-refractivity contribution < 1.29 is 48.1 Å². The largest absolute Gasteiger partial charge is 0.505 e. The first kappa shape index (κ1) is 45.5. The number of esters is 2. The van der Waals surface area contributed by atoms with Crippen LogP contribution in [0.15, 0.2) is 90.0 Å². The molecule has 1 aliphatic heterocycles. The Hall–Kier alpha value is -6.98. The van der Waals surface area contributed by atoms with E-state index in [1.54, 1.807) is 32.9 Å². The van der Waals surface area contributed by atoms with Crippen molar-refractivity contribution in [3.63, 3.8) is 0 Å². The number of amides is 6. The second kappa shape index (κ2) is 19.4. The number of carbonyl (C=O) groups excluding carboxylic acids is 7. The average Bonchev–Trinajstić information content (AvgIpc) is 3.49. The molecule has 4 aromatic rings. The number of fused-ring (bicyclic) bond motifs is 4. The minimum atomic E-state index is -1.56. The first-order chi connectivity index (χ1) is 29.9. The van der Waals surface area contributed by atoms with Crippen molar-refractivity contribution in [1.29, 1.82) is 0 Å². The standard InChI is InChI=1S/C44H43Cl2N7O10/c1-44(2,3)63-39(57)18-25(20-48-51-43(47)61)49-36(54)22-53-35-15-9-8-14-34(35)52(21-33(42(53)60)50-41(59)24-16-31(45)40(58)32(46)17-24)37(55)19-38(56)62-23-30-28-12-6-4-10-26(28)27-11-5-7-13-29(27)30/h4-17,20,25,30,33,58H,18-19,21-23H2,1-3H3,(H,49,54)(H,50,59)(H3,47,51,61)/b48-20+/t25-,33-/m0/s1. The molecule has 0 spiro atoms. The lowest BCUT2D eigenvalue weighted by Gasteiger charge is -2.26. The number of para-hydroxylation sites is 2. The van der Waals surface area contributed by atoms with E-state index in [4.69, 9.17) is 38.4 Å². The average molecular weight is 901 g/mol. The lowest BCUT2D eigenvalue weighted by atomic mass is 9.98. The molecule has 2 aliphatic rings. The molecule has 1 heterocycles. The molecule has 17 nitrogen and oxygen atoms in total. The quantitative estimate of drug-likeness (QED) is 0.0532. The van der Waals surface area contributed by atoms with E-state index in [9.17, 15) is 38.7 Å². The number of phenols is 1. The van der Waals surface area contributed by atoms with Gasteiger partial charge in [0.05, 0.1) is 40.4 Å². The summed E-state index contributed by atoms with van der Waals surface area (Å²) in [6, 6.07) is 20.1. The number of hydrogen-bond acceptors (Lipinski definition) is 11.